The second-order valence-electron chi connectivity index (χ2n) is 8.54. The molecule has 1 aliphatic heterocycles. The molecule has 5 N–H and O–H groups in total. The lowest BCUT2D eigenvalue weighted by Gasteiger charge is -2.26. The molecule has 2 atom stereocenters. The maximum Gasteiger partial charge on any atom is 0.490 e. The number of fused-ring (bicyclic) bond motifs is 1. The number of nitrogens with two attached hydrogens (primary N) is 1. The Morgan fingerprint density at radius 3 is 2.49 bits per heavy atom. The minimum Gasteiger partial charge on any atom is -0.475 e. The van der Waals surface area contributed by atoms with Crippen LogP contribution in [-0.2, 0) is 17.8 Å². The van der Waals surface area contributed by atoms with Crippen molar-refractivity contribution in [2.45, 2.75) is 57.9 Å². The highest BCUT2D eigenvalue weighted by Crippen LogP contribution is 2.25. The number of nitrogens with one attached hydrogen (secondary N) is 2. The van der Waals surface area contributed by atoms with Gasteiger partial charge in [-0.05, 0) is 30.9 Å². The fraction of sp³-hybridized carbons (Fsp3) is 0.500. The lowest BCUT2D eigenvalue weighted by atomic mass is 10.0. The Morgan fingerprint density at radius 2 is 1.94 bits per heavy atom. The van der Waals surface area contributed by atoms with Crippen LogP contribution in [0.4, 0.5) is 26.7 Å². The van der Waals surface area contributed by atoms with Crippen LogP contribution in [-0.4, -0.2) is 51.5 Å². The molecule has 2 aromatic rings. The number of amides is 2. The maximum atomic E-state index is 14.0. The molecule has 2 amide bonds. The Hall–Kier alpha value is -3.22. The van der Waals surface area contributed by atoms with Gasteiger partial charge in [-0.2, -0.15) is 13.2 Å². The first-order chi connectivity index (χ1) is 16.3. The van der Waals surface area contributed by atoms with Crippen LogP contribution in [0.3, 0.4) is 0 Å². The molecule has 1 aliphatic rings. The Bertz CT molecular complexity index is 1030. The second-order valence-corrected chi connectivity index (χ2v) is 8.54. The number of urea groups is 1. The highest BCUT2D eigenvalue weighted by molar-refractivity contribution is 5.74. The number of carboxylic acid groups (broad SMARTS) is 1. The molecule has 8 nitrogen and oxygen atoms in total. The SMILES string of the molecule is CC(C)CC(CN)NC(=O)NC1CCc2nc(-c3ccc(F)cc3F)cn2C1.O=C(O)C(F)(F)F. The number of hydrogen-bond donors (Lipinski definition) is 4. The first kappa shape index (κ1) is 28.0. The van der Waals surface area contributed by atoms with Gasteiger partial charge in [-0.3, -0.25) is 0 Å². The average Bonchev–Trinajstić information content (AvgIpc) is 3.15. The Balaban J connectivity index is 0.000000540. The largest absolute Gasteiger partial charge is 0.490 e. The third-order valence-corrected chi connectivity index (χ3v) is 5.15. The van der Waals surface area contributed by atoms with Gasteiger partial charge in [-0.15, -0.1) is 0 Å². The summed E-state index contributed by atoms with van der Waals surface area (Å²) in [6.45, 7) is 5.13. The summed E-state index contributed by atoms with van der Waals surface area (Å²) >= 11 is 0. The Morgan fingerprint density at radius 1 is 1.29 bits per heavy atom. The molecule has 35 heavy (non-hydrogen) atoms. The fourth-order valence-electron chi connectivity index (χ4n) is 3.58. The molecule has 0 spiro atoms. The Labute approximate surface area is 198 Å². The molecule has 0 radical (unpaired) electrons. The summed E-state index contributed by atoms with van der Waals surface area (Å²) in [5.41, 5.74) is 6.47. The number of aromatic nitrogens is 2. The first-order valence-corrected chi connectivity index (χ1v) is 10.9. The predicted molar refractivity (Wildman–Crippen MR) is 117 cm³/mol. The fourth-order valence-corrected chi connectivity index (χ4v) is 3.58. The molecule has 0 aliphatic carbocycles. The van der Waals surface area contributed by atoms with Crippen LogP contribution in [0.15, 0.2) is 24.4 Å². The van der Waals surface area contributed by atoms with E-state index >= 15 is 0 Å². The number of hydrogen-bond acceptors (Lipinski definition) is 4. The van der Waals surface area contributed by atoms with Crippen LogP contribution >= 0.6 is 0 Å². The number of carbonyl (C=O) groups is 2. The summed E-state index contributed by atoms with van der Waals surface area (Å²) in [6, 6.07) is 3.13. The van der Waals surface area contributed by atoms with Crippen molar-refractivity contribution in [1.82, 2.24) is 20.2 Å². The molecule has 2 unspecified atom stereocenters. The zero-order valence-electron chi connectivity index (χ0n) is 19.2. The molecule has 2 heterocycles. The van der Waals surface area contributed by atoms with Crippen molar-refractivity contribution in [3.63, 3.8) is 0 Å². The zero-order valence-corrected chi connectivity index (χ0v) is 19.2. The third kappa shape index (κ3) is 8.50. The van der Waals surface area contributed by atoms with E-state index in [4.69, 9.17) is 15.6 Å². The smallest absolute Gasteiger partial charge is 0.475 e. The van der Waals surface area contributed by atoms with Crippen LogP contribution in [0.25, 0.3) is 11.3 Å². The average molecular weight is 505 g/mol. The number of carboxylic acids is 1. The van der Waals surface area contributed by atoms with Gasteiger partial charge in [0.1, 0.15) is 17.5 Å². The van der Waals surface area contributed by atoms with Gasteiger partial charge in [0.2, 0.25) is 0 Å². The van der Waals surface area contributed by atoms with Gasteiger partial charge in [0.05, 0.1) is 5.69 Å². The highest BCUT2D eigenvalue weighted by Gasteiger charge is 2.38. The van der Waals surface area contributed by atoms with Crippen LogP contribution in [0.2, 0.25) is 0 Å². The summed E-state index contributed by atoms with van der Waals surface area (Å²) in [5, 5.41) is 13.0. The number of nitrogens with zero attached hydrogens (tertiary/aromatic N) is 2. The van der Waals surface area contributed by atoms with Gasteiger partial charge in [-0.25, -0.2) is 23.4 Å². The second kappa shape index (κ2) is 12.0. The van der Waals surface area contributed by atoms with Gasteiger partial charge >= 0.3 is 18.2 Å². The van der Waals surface area contributed by atoms with Gasteiger partial charge in [-0.1, -0.05) is 13.8 Å². The topological polar surface area (TPSA) is 122 Å². The van der Waals surface area contributed by atoms with Crippen molar-refractivity contribution in [2.24, 2.45) is 11.7 Å². The molecule has 1 aromatic heterocycles. The molecule has 1 aromatic carbocycles. The van der Waals surface area contributed by atoms with Crippen molar-refractivity contribution >= 4 is 12.0 Å². The summed E-state index contributed by atoms with van der Waals surface area (Å²) in [4.78, 5) is 25.7. The van der Waals surface area contributed by atoms with Crippen LogP contribution in [0, 0.1) is 17.6 Å². The zero-order chi connectivity index (χ0) is 26.3. The van der Waals surface area contributed by atoms with Crippen molar-refractivity contribution in [2.75, 3.05) is 6.54 Å². The highest BCUT2D eigenvalue weighted by atomic mass is 19.4. The molecule has 0 bridgehead atoms. The number of rotatable bonds is 6. The lowest BCUT2D eigenvalue weighted by molar-refractivity contribution is -0.192. The molecule has 0 fully saturated rings. The molecular weight excluding hydrogens is 477 g/mol. The van der Waals surface area contributed by atoms with Crippen LogP contribution in [0.5, 0.6) is 0 Å². The minimum absolute atomic E-state index is 0.0508. The van der Waals surface area contributed by atoms with Gasteiger partial charge in [0.25, 0.3) is 0 Å². The predicted octanol–water partition coefficient (Wildman–Crippen LogP) is 3.45. The number of alkyl halides is 3. The molecular formula is C22H28F5N5O3. The molecule has 0 saturated carbocycles. The number of halogens is 5. The number of benzene rings is 1. The van der Waals surface area contributed by atoms with Crippen LogP contribution in [0.1, 0.15) is 32.5 Å². The number of aliphatic carboxylic acids is 1. The van der Waals surface area contributed by atoms with E-state index in [-0.39, 0.29) is 23.7 Å². The number of carbonyl (C=O) groups excluding carboxylic acids is 1. The molecule has 13 heteroatoms. The van der Waals surface area contributed by atoms with E-state index in [1.54, 1.807) is 6.20 Å². The van der Waals surface area contributed by atoms with E-state index in [2.05, 4.69) is 29.5 Å². The standard InChI is InChI=1S/C20H27F2N5O.C2HF3O2/c1-12(2)7-15(9-23)25-20(28)24-14-4-6-19-26-18(11-27(19)10-14)16-5-3-13(21)8-17(16)22;3-2(4,5)1(6)7/h3,5,8,11-12,14-15H,4,6-7,9-10,23H2,1-2H3,(H2,24,25,28);(H,6,7). The van der Waals surface area contributed by atoms with E-state index in [0.717, 1.165) is 24.7 Å². The van der Waals surface area contributed by atoms with Gasteiger partial charge < -0.3 is 26.0 Å². The summed E-state index contributed by atoms with van der Waals surface area (Å²) in [5.74, 6) is -2.73. The lowest BCUT2D eigenvalue weighted by Crippen LogP contribution is -2.50. The van der Waals surface area contributed by atoms with E-state index < -0.39 is 23.8 Å². The van der Waals surface area contributed by atoms with Crippen molar-refractivity contribution < 1.29 is 36.6 Å². The van der Waals surface area contributed by atoms with Gasteiger partial charge in [0, 0.05) is 49.4 Å². The normalized spacial score (nSPS) is 16.1. The van der Waals surface area contributed by atoms with Crippen LogP contribution < -0.4 is 16.4 Å². The Kier molecular flexibility index (Phi) is 9.57. The first-order valence-electron chi connectivity index (χ1n) is 10.9. The quantitative estimate of drug-likeness (QED) is 0.448. The van der Waals surface area contributed by atoms with E-state index in [1.807, 2.05) is 4.57 Å². The molecule has 3 rings (SSSR count). The van der Waals surface area contributed by atoms with E-state index in [1.165, 1.54) is 12.1 Å². The van der Waals surface area contributed by atoms with Crippen molar-refractivity contribution in [3.8, 4) is 11.3 Å². The number of aryl methyl sites for hydroxylation is 1. The van der Waals surface area contributed by atoms with Crippen molar-refractivity contribution in [3.05, 3.63) is 41.9 Å². The monoisotopic (exact) mass is 505 g/mol. The molecule has 194 valence electrons. The van der Waals surface area contributed by atoms with E-state index in [0.29, 0.717) is 31.1 Å². The number of imidazole rings is 1. The van der Waals surface area contributed by atoms with Crippen molar-refractivity contribution in [1.29, 1.82) is 0 Å². The third-order valence-electron chi connectivity index (χ3n) is 5.15. The van der Waals surface area contributed by atoms with Gasteiger partial charge in [0.15, 0.2) is 0 Å². The minimum atomic E-state index is -5.08. The summed E-state index contributed by atoms with van der Waals surface area (Å²) < 4.78 is 60.8. The van der Waals surface area contributed by atoms with E-state index in [9.17, 15) is 26.7 Å². The maximum absolute atomic E-state index is 14.0. The summed E-state index contributed by atoms with van der Waals surface area (Å²) in [6.07, 6.45) is -1.10. The molecule has 0 saturated heterocycles. The summed E-state index contributed by atoms with van der Waals surface area (Å²) in [7, 11) is 0.